The minimum Gasteiger partial charge on any atom is -0.378 e. The van der Waals surface area contributed by atoms with Gasteiger partial charge < -0.3 is 5.32 Å². The predicted octanol–water partition coefficient (Wildman–Crippen LogP) is 4.51. The number of hydrogen-bond acceptors (Lipinski definition) is 2. The Bertz CT molecular complexity index is 672. The fourth-order valence-electron chi connectivity index (χ4n) is 2.13. The van der Waals surface area contributed by atoms with E-state index in [0.29, 0.717) is 17.5 Å². The van der Waals surface area contributed by atoms with Crippen molar-refractivity contribution in [1.29, 1.82) is 5.26 Å². The maximum Gasteiger partial charge on any atom is 0.128 e. The second-order valence-corrected chi connectivity index (χ2v) is 5.02. The van der Waals surface area contributed by atoms with Crippen LogP contribution in [-0.4, -0.2) is 0 Å². The van der Waals surface area contributed by atoms with E-state index in [2.05, 4.69) is 11.4 Å². The topological polar surface area (TPSA) is 35.8 Å². The minimum absolute atomic E-state index is 0.291. The molecule has 2 aromatic carbocycles. The average Bonchev–Trinajstić information content (AvgIpc) is 2.45. The van der Waals surface area contributed by atoms with Gasteiger partial charge in [0.2, 0.25) is 0 Å². The summed E-state index contributed by atoms with van der Waals surface area (Å²) in [5.41, 5.74) is 2.30. The molecule has 0 aliphatic heterocycles. The van der Waals surface area contributed by atoms with Gasteiger partial charge in [0.15, 0.2) is 0 Å². The van der Waals surface area contributed by atoms with Gasteiger partial charge in [0.05, 0.1) is 18.5 Å². The van der Waals surface area contributed by atoms with Crippen molar-refractivity contribution in [2.24, 2.45) is 0 Å². The Morgan fingerprint density at radius 1 is 1.14 bits per heavy atom. The summed E-state index contributed by atoms with van der Waals surface area (Å²) < 4.78 is 27.5. The van der Waals surface area contributed by atoms with E-state index in [1.165, 1.54) is 19.1 Å². The maximum absolute atomic E-state index is 13.9. The Morgan fingerprint density at radius 3 is 2.43 bits per heavy atom. The van der Waals surface area contributed by atoms with Crippen molar-refractivity contribution in [3.8, 4) is 6.07 Å². The Hall–Kier alpha value is -2.41. The van der Waals surface area contributed by atoms with Crippen molar-refractivity contribution < 1.29 is 8.78 Å². The van der Waals surface area contributed by atoms with Crippen molar-refractivity contribution >= 4 is 5.69 Å². The monoisotopic (exact) mass is 286 g/mol. The van der Waals surface area contributed by atoms with Gasteiger partial charge in [0.1, 0.15) is 11.6 Å². The van der Waals surface area contributed by atoms with Gasteiger partial charge in [-0.05, 0) is 49.2 Å². The molecular weight excluding hydrogens is 270 g/mol. The van der Waals surface area contributed by atoms with Crippen molar-refractivity contribution in [1.82, 2.24) is 0 Å². The molecule has 0 radical (unpaired) electrons. The summed E-state index contributed by atoms with van der Waals surface area (Å²) in [6.45, 7) is 3.31. The highest BCUT2D eigenvalue weighted by molar-refractivity contribution is 5.47. The highest BCUT2D eigenvalue weighted by atomic mass is 19.1. The molecule has 0 saturated carbocycles. The van der Waals surface area contributed by atoms with Crippen LogP contribution in [0.15, 0.2) is 36.4 Å². The van der Waals surface area contributed by atoms with Crippen molar-refractivity contribution in [3.05, 3.63) is 64.7 Å². The van der Waals surface area contributed by atoms with E-state index in [-0.39, 0.29) is 6.04 Å². The zero-order valence-electron chi connectivity index (χ0n) is 12.0. The lowest BCUT2D eigenvalue weighted by molar-refractivity contribution is 0.571. The number of rotatable bonds is 4. The third-order valence-electron chi connectivity index (χ3n) is 3.36. The van der Waals surface area contributed by atoms with E-state index >= 15 is 0 Å². The van der Waals surface area contributed by atoms with Crippen LogP contribution in [-0.2, 0) is 6.42 Å². The fraction of sp³-hybridized carbons (Fsp3) is 0.235. The van der Waals surface area contributed by atoms with Crippen LogP contribution in [0.3, 0.4) is 0 Å². The fourth-order valence-corrected chi connectivity index (χ4v) is 2.13. The summed E-state index contributed by atoms with van der Waals surface area (Å²) in [6.07, 6.45) is 0.355. The second kappa shape index (κ2) is 6.36. The number of nitriles is 1. The van der Waals surface area contributed by atoms with Crippen LogP contribution in [0.25, 0.3) is 0 Å². The molecule has 21 heavy (non-hydrogen) atoms. The molecule has 0 fully saturated rings. The first-order valence-electron chi connectivity index (χ1n) is 6.69. The third-order valence-corrected chi connectivity index (χ3v) is 3.36. The highest BCUT2D eigenvalue weighted by Crippen LogP contribution is 2.24. The number of aryl methyl sites for hydroxylation is 1. The van der Waals surface area contributed by atoms with E-state index in [9.17, 15) is 8.78 Å². The van der Waals surface area contributed by atoms with Gasteiger partial charge in [0, 0.05) is 11.3 Å². The Kier molecular flexibility index (Phi) is 4.54. The molecule has 0 spiro atoms. The summed E-state index contributed by atoms with van der Waals surface area (Å²) in [5.74, 6) is -0.834. The van der Waals surface area contributed by atoms with Gasteiger partial charge in [-0.15, -0.1) is 0 Å². The first-order chi connectivity index (χ1) is 10.0. The SMILES string of the molecule is Cc1cc(F)c(C(C)Nc2ccc(CC#N)cc2)cc1F. The molecule has 2 rings (SSSR count). The summed E-state index contributed by atoms with van der Waals surface area (Å²) in [6, 6.07) is 11.5. The molecule has 4 heteroatoms. The molecule has 0 aromatic heterocycles. The van der Waals surface area contributed by atoms with Crippen LogP contribution in [0.5, 0.6) is 0 Å². The Balaban J connectivity index is 2.16. The third kappa shape index (κ3) is 3.57. The zero-order chi connectivity index (χ0) is 15.4. The molecule has 0 heterocycles. The first kappa shape index (κ1) is 15.0. The standard InChI is InChI=1S/C17H16F2N2/c1-11-9-17(19)15(10-16(11)18)12(2)21-14-5-3-13(4-6-14)7-8-20/h3-6,9-10,12,21H,7H2,1-2H3. The second-order valence-electron chi connectivity index (χ2n) is 5.02. The number of hydrogen-bond donors (Lipinski definition) is 1. The molecule has 0 aliphatic carbocycles. The zero-order valence-corrected chi connectivity index (χ0v) is 12.0. The van der Waals surface area contributed by atoms with Crippen LogP contribution >= 0.6 is 0 Å². The molecule has 0 saturated heterocycles. The van der Waals surface area contributed by atoms with Crippen LogP contribution in [0.1, 0.15) is 29.7 Å². The van der Waals surface area contributed by atoms with Gasteiger partial charge in [-0.3, -0.25) is 0 Å². The van der Waals surface area contributed by atoms with Crippen molar-refractivity contribution in [2.75, 3.05) is 5.32 Å². The predicted molar refractivity (Wildman–Crippen MR) is 78.9 cm³/mol. The van der Waals surface area contributed by atoms with Gasteiger partial charge in [-0.1, -0.05) is 12.1 Å². The summed E-state index contributed by atoms with van der Waals surface area (Å²) in [4.78, 5) is 0. The largest absolute Gasteiger partial charge is 0.378 e. The number of nitrogens with one attached hydrogen (secondary N) is 1. The lowest BCUT2D eigenvalue weighted by Gasteiger charge is -2.17. The van der Waals surface area contributed by atoms with Gasteiger partial charge >= 0.3 is 0 Å². The molecule has 1 unspecified atom stereocenters. The molecular formula is C17H16F2N2. The molecule has 2 aromatic rings. The van der Waals surface area contributed by atoms with E-state index in [0.717, 1.165) is 11.3 Å². The van der Waals surface area contributed by atoms with E-state index < -0.39 is 11.6 Å². The number of benzene rings is 2. The minimum atomic E-state index is -0.421. The first-order valence-corrected chi connectivity index (χ1v) is 6.69. The van der Waals surface area contributed by atoms with Crippen LogP contribution in [0, 0.1) is 29.9 Å². The Labute approximate surface area is 123 Å². The van der Waals surface area contributed by atoms with Crippen LogP contribution in [0.2, 0.25) is 0 Å². The molecule has 108 valence electrons. The molecule has 1 N–H and O–H groups in total. The quantitative estimate of drug-likeness (QED) is 0.897. The smallest absolute Gasteiger partial charge is 0.128 e. The van der Waals surface area contributed by atoms with Crippen LogP contribution in [0.4, 0.5) is 14.5 Å². The Morgan fingerprint density at radius 2 is 1.81 bits per heavy atom. The van der Waals surface area contributed by atoms with Crippen molar-refractivity contribution in [3.63, 3.8) is 0 Å². The average molecular weight is 286 g/mol. The lowest BCUT2D eigenvalue weighted by Crippen LogP contribution is -2.09. The molecule has 1 atom stereocenters. The van der Waals surface area contributed by atoms with E-state index in [1.807, 2.05) is 24.3 Å². The number of halogens is 2. The molecule has 0 aliphatic rings. The van der Waals surface area contributed by atoms with Crippen LogP contribution < -0.4 is 5.32 Å². The molecule has 2 nitrogen and oxygen atoms in total. The van der Waals surface area contributed by atoms with E-state index in [1.54, 1.807) is 6.92 Å². The van der Waals surface area contributed by atoms with Gasteiger partial charge in [-0.2, -0.15) is 5.26 Å². The van der Waals surface area contributed by atoms with E-state index in [4.69, 9.17) is 5.26 Å². The van der Waals surface area contributed by atoms with Gasteiger partial charge in [-0.25, -0.2) is 8.78 Å². The number of nitrogens with zero attached hydrogens (tertiary/aromatic N) is 1. The summed E-state index contributed by atoms with van der Waals surface area (Å²) in [7, 11) is 0. The summed E-state index contributed by atoms with van der Waals surface area (Å²) >= 11 is 0. The molecule has 0 amide bonds. The van der Waals surface area contributed by atoms with Gasteiger partial charge in [0.25, 0.3) is 0 Å². The summed E-state index contributed by atoms with van der Waals surface area (Å²) in [5, 5.41) is 11.7. The lowest BCUT2D eigenvalue weighted by atomic mass is 10.0. The highest BCUT2D eigenvalue weighted by Gasteiger charge is 2.13. The normalized spacial score (nSPS) is 11.8. The number of anilines is 1. The molecule has 0 bridgehead atoms. The maximum atomic E-state index is 13.9. The van der Waals surface area contributed by atoms with Crippen molar-refractivity contribution in [2.45, 2.75) is 26.3 Å².